The van der Waals surface area contributed by atoms with E-state index in [9.17, 15) is 0 Å². The summed E-state index contributed by atoms with van der Waals surface area (Å²) in [4.78, 5) is 4.77. The predicted octanol–water partition coefficient (Wildman–Crippen LogP) is 5.37. The van der Waals surface area contributed by atoms with Crippen molar-refractivity contribution in [3.05, 3.63) is 77.0 Å². The number of hydrogen-bond acceptors (Lipinski definition) is 3. The summed E-state index contributed by atoms with van der Waals surface area (Å²) >= 11 is 0. The number of anilines is 1. The molecule has 0 bridgehead atoms. The van der Waals surface area contributed by atoms with Crippen molar-refractivity contribution in [3.8, 4) is 0 Å². The minimum atomic E-state index is 0.689. The van der Waals surface area contributed by atoms with Gasteiger partial charge in [0.2, 0.25) is 0 Å². The fourth-order valence-electron chi connectivity index (χ4n) is 4.47. The number of aromatic nitrogens is 2. The van der Waals surface area contributed by atoms with E-state index in [1.165, 1.54) is 43.2 Å². The summed E-state index contributed by atoms with van der Waals surface area (Å²) < 4.78 is 0. The molecule has 0 atom stereocenters. The zero-order valence-corrected chi connectivity index (χ0v) is 16.9. The van der Waals surface area contributed by atoms with Gasteiger partial charge in [0.1, 0.15) is 0 Å². The molecule has 5 rings (SSSR count). The van der Waals surface area contributed by atoms with Crippen LogP contribution >= 0.6 is 0 Å². The maximum atomic E-state index is 4.77. The van der Waals surface area contributed by atoms with Crippen molar-refractivity contribution in [2.45, 2.75) is 51.5 Å². The largest absolute Gasteiger partial charge is 0.282 e. The SMILES string of the molecule is Cc1cc(N=C2NN(c3ccc(C4CCCCC4)cc3)Cc3ccccc32)n[nH]1. The number of hydrazine groups is 1. The second-order valence-corrected chi connectivity index (χ2v) is 8.15. The molecule has 2 heterocycles. The number of aryl methyl sites for hydroxylation is 1. The molecule has 29 heavy (non-hydrogen) atoms. The lowest BCUT2D eigenvalue weighted by Gasteiger charge is -2.33. The van der Waals surface area contributed by atoms with Crippen molar-refractivity contribution in [1.82, 2.24) is 15.6 Å². The van der Waals surface area contributed by atoms with Crippen LogP contribution < -0.4 is 10.4 Å². The minimum absolute atomic E-state index is 0.689. The van der Waals surface area contributed by atoms with Gasteiger partial charge < -0.3 is 0 Å². The molecule has 1 aliphatic carbocycles. The zero-order chi connectivity index (χ0) is 19.6. The molecular weight excluding hydrogens is 358 g/mol. The van der Waals surface area contributed by atoms with Crippen molar-refractivity contribution in [2.75, 3.05) is 5.01 Å². The molecule has 1 aliphatic heterocycles. The van der Waals surface area contributed by atoms with Gasteiger partial charge in [0.25, 0.3) is 0 Å². The van der Waals surface area contributed by atoms with Crippen LogP contribution in [0.25, 0.3) is 0 Å². The highest BCUT2D eigenvalue weighted by Gasteiger charge is 2.22. The Morgan fingerprint density at radius 1 is 1.00 bits per heavy atom. The number of amidine groups is 1. The fourth-order valence-corrected chi connectivity index (χ4v) is 4.47. The van der Waals surface area contributed by atoms with Gasteiger partial charge in [0.15, 0.2) is 11.7 Å². The average Bonchev–Trinajstić information content (AvgIpc) is 3.19. The van der Waals surface area contributed by atoms with Gasteiger partial charge in [-0.05, 0) is 48.9 Å². The van der Waals surface area contributed by atoms with Gasteiger partial charge in [-0.1, -0.05) is 55.7 Å². The highest BCUT2D eigenvalue weighted by atomic mass is 15.5. The number of fused-ring (bicyclic) bond motifs is 1. The van der Waals surface area contributed by atoms with Gasteiger partial charge in [0, 0.05) is 17.3 Å². The normalized spacial score (nSPS) is 18.5. The van der Waals surface area contributed by atoms with Crippen molar-refractivity contribution in [1.29, 1.82) is 0 Å². The number of nitrogens with one attached hydrogen (secondary N) is 2. The van der Waals surface area contributed by atoms with E-state index in [-0.39, 0.29) is 0 Å². The first-order valence-corrected chi connectivity index (χ1v) is 10.6. The van der Waals surface area contributed by atoms with E-state index in [1.807, 2.05) is 13.0 Å². The van der Waals surface area contributed by atoms with E-state index < -0.39 is 0 Å². The number of nitrogens with zero attached hydrogens (tertiary/aromatic N) is 3. The van der Waals surface area contributed by atoms with E-state index in [1.54, 1.807) is 0 Å². The van der Waals surface area contributed by atoms with Gasteiger partial charge in [-0.15, -0.1) is 0 Å². The summed E-state index contributed by atoms with van der Waals surface area (Å²) in [5.74, 6) is 2.25. The van der Waals surface area contributed by atoms with Crippen LogP contribution in [0, 0.1) is 6.92 Å². The highest BCUT2D eigenvalue weighted by molar-refractivity contribution is 6.03. The lowest BCUT2D eigenvalue weighted by molar-refractivity contribution is 0.443. The molecule has 0 spiro atoms. The first-order valence-electron chi connectivity index (χ1n) is 10.6. The molecule has 2 aliphatic rings. The Morgan fingerprint density at radius 3 is 2.55 bits per heavy atom. The first kappa shape index (κ1) is 18.0. The molecule has 2 N–H and O–H groups in total. The highest BCUT2D eigenvalue weighted by Crippen LogP contribution is 2.33. The van der Waals surface area contributed by atoms with Crippen LogP contribution in [0.5, 0.6) is 0 Å². The van der Waals surface area contributed by atoms with E-state index in [0.717, 1.165) is 35.2 Å². The summed E-state index contributed by atoms with van der Waals surface area (Å²) in [5.41, 5.74) is 9.54. The molecule has 0 unspecified atom stereocenters. The van der Waals surface area contributed by atoms with Gasteiger partial charge in [-0.3, -0.25) is 15.5 Å². The molecule has 1 saturated carbocycles. The average molecular weight is 386 g/mol. The quantitative estimate of drug-likeness (QED) is 0.637. The monoisotopic (exact) mass is 385 g/mol. The molecule has 1 aromatic heterocycles. The lowest BCUT2D eigenvalue weighted by atomic mass is 9.84. The third kappa shape index (κ3) is 3.77. The smallest absolute Gasteiger partial charge is 0.176 e. The third-order valence-corrected chi connectivity index (χ3v) is 6.04. The van der Waals surface area contributed by atoms with E-state index in [0.29, 0.717) is 5.82 Å². The van der Waals surface area contributed by atoms with Crippen molar-refractivity contribution in [3.63, 3.8) is 0 Å². The van der Waals surface area contributed by atoms with Crippen LogP contribution in [0.2, 0.25) is 0 Å². The molecule has 0 radical (unpaired) electrons. The van der Waals surface area contributed by atoms with Crippen LogP contribution in [0.4, 0.5) is 11.5 Å². The number of hydrogen-bond donors (Lipinski definition) is 2. The van der Waals surface area contributed by atoms with Crippen molar-refractivity contribution in [2.24, 2.45) is 4.99 Å². The lowest BCUT2D eigenvalue weighted by Crippen LogP contribution is -2.46. The number of H-pyrrole nitrogens is 1. The van der Waals surface area contributed by atoms with E-state index in [2.05, 4.69) is 69.2 Å². The number of aromatic amines is 1. The van der Waals surface area contributed by atoms with Crippen LogP contribution in [0.15, 0.2) is 59.6 Å². The standard InChI is InChI=1S/C24H27N5/c1-17-15-23(27-26-17)25-24-22-10-6-5-9-20(22)16-29(28-24)21-13-11-19(12-14-21)18-7-3-2-4-8-18/h5-6,9-15,18H,2-4,7-8,16H2,1H3,(H2,25,26,27,28). The summed E-state index contributed by atoms with van der Waals surface area (Å²) in [7, 11) is 0. The van der Waals surface area contributed by atoms with E-state index in [4.69, 9.17) is 4.99 Å². The Hall–Kier alpha value is -3.08. The molecule has 0 saturated heterocycles. The van der Waals surface area contributed by atoms with Crippen LogP contribution in [0.1, 0.15) is 60.4 Å². The van der Waals surface area contributed by atoms with Gasteiger partial charge in [-0.2, -0.15) is 5.10 Å². The second-order valence-electron chi connectivity index (χ2n) is 8.15. The third-order valence-electron chi connectivity index (χ3n) is 6.04. The Labute approximate surface area is 171 Å². The topological polar surface area (TPSA) is 56.3 Å². The maximum Gasteiger partial charge on any atom is 0.176 e. The van der Waals surface area contributed by atoms with E-state index >= 15 is 0 Å². The molecule has 1 fully saturated rings. The molecule has 0 amide bonds. The van der Waals surface area contributed by atoms with Gasteiger partial charge in [-0.25, -0.2) is 4.99 Å². The fraction of sp³-hybridized carbons (Fsp3) is 0.333. The second kappa shape index (κ2) is 7.74. The summed E-state index contributed by atoms with van der Waals surface area (Å²) in [6, 6.07) is 19.5. The first-order chi connectivity index (χ1) is 14.3. The number of aliphatic imine (C=N–C) groups is 1. The summed E-state index contributed by atoms with van der Waals surface area (Å²) in [6.45, 7) is 2.79. The molecule has 2 aromatic carbocycles. The number of rotatable bonds is 3. The molecule has 5 nitrogen and oxygen atoms in total. The maximum absolute atomic E-state index is 4.77. The molecular formula is C24H27N5. The molecule has 5 heteroatoms. The van der Waals surface area contributed by atoms with Gasteiger partial charge >= 0.3 is 0 Å². The minimum Gasteiger partial charge on any atom is -0.282 e. The Balaban J connectivity index is 1.43. The van der Waals surface area contributed by atoms with Crippen LogP contribution in [0.3, 0.4) is 0 Å². The molecule has 148 valence electrons. The summed E-state index contributed by atoms with van der Waals surface area (Å²) in [6.07, 6.45) is 6.78. The van der Waals surface area contributed by atoms with Crippen LogP contribution in [-0.2, 0) is 6.54 Å². The van der Waals surface area contributed by atoms with Gasteiger partial charge in [0.05, 0.1) is 12.2 Å². The van der Waals surface area contributed by atoms with Crippen LogP contribution in [-0.4, -0.2) is 16.0 Å². The van der Waals surface area contributed by atoms with Crippen molar-refractivity contribution >= 4 is 17.3 Å². The Kier molecular flexibility index (Phi) is 4.80. The summed E-state index contributed by atoms with van der Waals surface area (Å²) in [5, 5.41) is 9.41. The zero-order valence-electron chi connectivity index (χ0n) is 16.9. The Bertz CT molecular complexity index is 1010. The Morgan fingerprint density at radius 2 is 1.79 bits per heavy atom. The number of benzene rings is 2. The predicted molar refractivity (Wildman–Crippen MR) is 118 cm³/mol. The molecule has 3 aromatic rings. The van der Waals surface area contributed by atoms with Crippen molar-refractivity contribution < 1.29 is 0 Å².